The first-order valence-corrected chi connectivity index (χ1v) is 14.9. The number of hydrogen-bond donors (Lipinski definition) is 3. The lowest BCUT2D eigenvalue weighted by molar-refractivity contribution is 0.0982. The highest BCUT2D eigenvalue weighted by Crippen LogP contribution is 2.30. The molecule has 4 N–H and O–H groups in total. The Morgan fingerprint density at radius 3 is 2.29 bits per heavy atom. The summed E-state index contributed by atoms with van der Waals surface area (Å²) in [6.07, 6.45) is 6.70. The number of rotatable bonds is 11. The van der Waals surface area contributed by atoms with Crippen LogP contribution in [0.15, 0.2) is 48.8 Å². The number of nitrogens with two attached hydrogens (primary N) is 1. The third kappa shape index (κ3) is 7.53. The minimum atomic E-state index is -0.640. The molecule has 2 aromatic heterocycles. The van der Waals surface area contributed by atoms with Crippen molar-refractivity contribution in [1.29, 1.82) is 0 Å². The van der Waals surface area contributed by atoms with Gasteiger partial charge in [-0.25, -0.2) is 9.97 Å². The van der Waals surface area contributed by atoms with Gasteiger partial charge in [-0.05, 0) is 83.3 Å². The summed E-state index contributed by atoms with van der Waals surface area (Å²) in [7, 11) is 6.31. The first-order chi connectivity index (χ1) is 20.4. The number of piperazine rings is 1. The molecule has 2 fully saturated rings. The van der Waals surface area contributed by atoms with Gasteiger partial charge in [-0.3, -0.25) is 14.7 Å². The van der Waals surface area contributed by atoms with Crippen LogP contribution in [0.25, 0.3) is 11.3 Å². The molecule has 0 unspecified atom stereocenters. The molecule has 3 aromatic rings. The summed E-state index contributed by atoms with van der Waals surface area (Å²) >= 11 is 0. The van der Waals surface area contributed by atoms with Gasteiger partial charge in [-0.1, -0.05) is 0 Å². The number of pyridine rings is 1. The molecule has 0 bridgehead atoms. The number of benzene rings is 1. The van der Waals surface area contributed by atoms with Gasteiger partial charge in [0.1, 0.15) is 5.69 Å². The third-order valence-corrected chi connectivity index (χ3v) is 8.17. The van der Waals surface area contributed by atoms with Crippen LogP contribution < -0.4 is 21.3 Å². The minimum absolute atomic E-state index is 0.0932. The van der Waals surface area contributed by atoms with E-state index in [2.05, 4.69) is 59.4 Å². The Labute approximate surface area is 249 Å². The Bertz CT molecular complexity index is 1300. The van der Waals surface area contributed by atoms with E-state index in [0.29, 0.717) is 29.9 Å². The summed E-state index contributed by atoms with van der Waals surface area (Å²) < 4.78 is 0. The first-order valence-electron chi connectivity index (χ1n) is 14.9. The van der Waals surface area contributed by atoms with E-state index in [0.717, 1.165) is 50.4 Å². The van der Waals surface area contributed by atoms with Crippen molar-refractivity contribution < 1.29 is 4.79 Å². The summed E-state index contributed by atoms with van der Waals surface area (Å²) in [5.41, 5.74) is 9.27. The van der Waals surface area contributed by atoms with Crippen molar-refractivity contribution in [2.75, 3.05) is 89.0 Å². The fourth-order valence-corrected chi connectivity index (χ4v) is 5.70. The monoisotopic (exact) mass is 572 g/mol. The molecule has 2 aliphatic heterocycles. The molecule has 0 radical (unpaired) electrons. The Hall–Kier alpha value is -3.80. The van der Waals surface area contributed by atoms with E-state index >= 15 is 0 Å². The van der Waals surface area contributed by atoms with Crippen LogP contribution >= 0.6 is 0 Å². The van der Waals surface area contributed by atoms with Crippen molar-refractivity contribution in [2.45, 2.75) is 25.3 Å². The lowest BCUT2D eigenvalue weighted by Gasteiger charge is -2.42. The van der Waals surface area contributed by atoms with Crippen molar-refractivity contribution in [2.24, 2.45) is 5.73 Å². The number of nitrogens with zero attached hydrogens (tertiary/aromatic N) is 7. The lowest BCUT2D eigenvalue weighted by Crippen LogP contribution is -2.52. The van der Waals surface area contributed by atoms with Crippen LogP contribution in [0, 0.1) is 0 Å². The smallest absolute Gasteiger partial charge is 0.271 e. The largest absolute Gasteiger partial charge is 0.371 e. The average Bonchev–Trinajstić information content (AvgIpc) is 3.00. The second-order valence-electron chi connectivity index (χ2n) is 11.5. The normalized spacial score (nSPS) is 17.0. The quantitative estimate of drug-likeness (QED) is 0.296. The number of hydrogen-bond acceptors (Lipinski definition) is 10. The number of carbonyl (C=O) groups excluding carboxylic acids is 1. The summed E-state index contributed by atoms with van der Waals surface area (Å²) in [4.78, 5) is 35.8. The molecule has 1 aromatic carbocycles. The molecular formula is C31H44N10O. The maximum absolute atomic E-state index is 12.5. The van der Waals surface area contributed by atoms with Crippen molar-refractivity contribution in [1.82, 2.24) is 29.7 Å². The Morgan fingerprint density at radius 1 is 0.952 bits per heavy atom. The van der Waals surface area contributed by atoms with E-state index in [1.54, 1.807) is 12.4 Å². The molecular weight excluding hydrogens is 528 g/mol. The molecule has 224 valence electrons. The van der Waals surface area contributed by atoms with Crippen molar-refractivity contribution in [3.05, 3.63) is 54.5 Å². The predicted molar refractivity (Wildman–Crippen MR) is 169 cm³/mol. The van der Waals surface area contributed by atoms with E-state index < -0.39 is 5.91 Å². The Kier molecular flexibility index (Phi) is 9.83. The summed E-state index contributed by atoms with van der Waals surface area (Å²) in [6, 6.07) is 12.7. The summed E-state index contributed by atoms with van der Waals surface area (Å²) in [5.74, 6) is 0.280. The zero-order valence-corrected chi connectivity index (χ0v) is 25.1. The summed E-state index contributed by atoms with van der Waals surface area (Å²) in [6.45, 7) is 8.44. The van der Waals surface area contributed by atoms with Gasteiger partial charge < -0.3 is 31.1 Å². The van der Waals surface area contributed by atoms with E-state index in [9.17, 15) is 4.79 Å². The number of aromatic nitrogens is 3. The Morgan fingerprint density at radius 2 is 1.64 bits per heavy atom. The molecule has 0 atom stereocenters. The van der Waals surface area contributed by atoms with Gasteiger partial charge in [0.2, 0.25) is 0 Å². The van der Waals surface area contributed by atoms with Crippen molar-refractivity contribution in [3.8, 4) is 11.3 Å². The summed E-state index contributed by atoms with van der Waals surface area (Å²) in [5, 5.41) is 6.72. The van der Waals surface area contributed by atoms with Crippen LogP contribution in [0.5, 0.6) is 0 Å². The lowest BCUT2D eigenvalue weighted by atomic mass is 10.0. The highest BCUT2D eigenvalue weighted by Gasteiger charge is 2.27. The second-order valence-corrected chi connectivity index (χ2v) is 11.5. The topological polar surface area (TPSA) is 119 Å². The van der Waals surface area contributed by atoms with Gasteiger partial charge in [-0.15, -0.1) is 0 Å². The van der Waals surface area contributed by atoms with Crippen molar-refractivity contribution in [3.63, 3.8) is 0 Å². The maximum Gasteiger partial charge on any atom is 0.271 e. The number of carbonyl (C=O) groups is 1. The first kappa shape index (κ1) is 29.7. The van der Waals surface area contributed by atoms with Crippen LogP contribution in [0.1, 0.15) is 29.8 Å². The zero-order chi connectivity index (χ0) is 29.5. The van der Waals surface area contributed by atoms with Crippen LogP contribution in [0.2, 0.25) is 0 Å². The number of anilines is 4. The van der Waals surface area contributed by atoms with E-state index in [4.69, 9.17) is 10.7 Å². The van der Waals surface area contributed by atoms with E-state index in [-0.39, 0.29) is 5.69 Å². The van der Waals surface area contributed by atoms with Crippen LogP contribution in [0.4, 0.5) is 23.0 Å². The molecule has 4 heterocycles. The molecule has 1 amide bonds. The molecule has 0 saturated carbocycles. The Balaban J connectivity index is 1.29. The van der Waals surface area contributed by atoms with Gasteiger partial charge in [0.25, 0.3) is 5.91 Å². The second kappa shape index (κ2) is 13.9. The van der Waals surface area contributed by atoms with Gasteiger partial charge >= 0.3 is 0 Å². The molecule has 0 aliphatic carbocycles. The number of likely N-dealkylation sites (N-methyl/N-ethyl adjacent to an activating group) is 1. The fraction of sp³-hybridized carbons (Fsp3) is 0.484. The van der Waals surface area contributed by atoms with Gasteiger partial charge in [0, 0.05) is 81.2 Å². The highest BCUT2D eigenvalue weighted by atomic mass is 16.1. The predicted octanol–water partition coefficient (Wildman–Crippen LogP) is 2.96. The molecule has 42 heavy (non-hydrogen) atoms. The molecule has 0 spiro atoms. The van der Waals surface area contributed by atoms with Crippen LogP contribution in [-0.4, -0.2) is 115 Å². The van der Waals surface area contributed by atoms with Gasteiger partial charge in [0.15, 0.2) is 17.3 Å². The van der Waals surface area contributed by atoms with Crippen LogP contribution in [-0.2, 0) is 0 Å². The van der Waals surface area contributed by atoms with E-state index in [1.807, 2.05) is 38.4 Å². The van der Waals surface area contributed by atoms with Gasteiger partial charge in [-0.2, -0.15) is 0 Å². The standard InChI is InChI=1S/C31H44N10O/c1-38(2)16-4-13-34-30-27(23-9-14-33-15-10-23)36-28(29(32)42)31(37-30)35-24-5-7-25(8-6-24)40-17-11-26(12-18-40)41-21-19-39(3)20-22-41/h5-10,14-15,26H,4,11-13,16-22H2,1-3H3,(H2,32,42)(H2,34,35,37). The average molecular weight is 573 g/mol. The SMILES string of the molecule is CN(C)CCCNc1nc(Nc2ccc(N3CCC(N4CCN(C)CC4)CC3)cc2)c(C(N)=O)nc1-c1ccncc1. The molecule has 5 rings (SSSR count). The minimum Gasteiger partial charge on any atom is -0.371 e. The number of amides is 1. The highest BCUT2D eigenvalue weighted by molar-refractivity contribution is 5.97. The fourth-order valence-electron chi connectivity index (χ4n) is 5.70. The van der Waals surface area contributed by atoms with Gasteiger partial charge in [0.05, 0.1) is 0 Å². The number of nitrogens with one attached hydrogen (secondary N) is 2. The molecule has 2 saturated heterocycles. The van der Waals surface area contributed by atoms with Crippen LogP contribution in [0.3, 0.4) is 0 Å². The molecule has 11 heteroatoms. The number of primary amides is 1. The maximum atomic E-state index is 12.5. The molecule has 2 aliphatic rings. The van der Waals surface area contributed by atoms with E-state index in [1.165, 1.54) is 31.6 Å². The van der Waals surface area contributed by atoms with Crippen molar-refractivity contribution >= 4 is 28.9 Å². The molecule has 11 nitrogen and oxygen atoms in total. The zero-order valence-electron chi connectivity index (χ0n) is 25.1. The third-order valence-electron chi connectivity index (χ3n) is 8.17. The number of piperidine rings is 1.